The molecule has 0 saturated carbocycles. The lowest BCUT2D eigenvalue weighted by Crippen LogP contribution is -2.49. The summed E-state index contributed by atoms with van der Waals surface area (Å²) in [7, 11) is -2.66. The van der Waals surface area contributed by atoms with E-state index < -0.39 is 21.9 Å². The summed E-state index contributed by atoms with van der Waals surface area (Å²) in [4.78, 5) is 26.7. The first-order valence-electron chi connectivity index (χ1n) is 8.52. The fraction of sp³-hybridized carbons (Fsp3) is 0.444. The summed E-state index contributed by atoms with van der Waals surface area (Å²) in [5.41, 5.74) is 1.84. The number of amides is 1. The molecule has 1 aliphatic heterocycles. The van der Waals surface area contributed by atoms with Crippen molar-refractivity contribution in [1.82, 2.24) is 9.84 Å². The number of nitrogens with zero attached hydrogens (tertiary/aromatic N) is 1. The van der Waals surface area contributed by atoms with E-state index >= 15 is 0 Å². The number of benzene rings is 1. The minimum atomic E-state index is -4.04. The Balaban J connectivity index is 2.24. The summed E-state index contributed by atoms with van der Waals surface area (Å²) < 4.78 is 35.6. The standard InChI is InChI=1S/C18H24N2O6S/c1-5-26-17(21)11-14-13(3)8-9-20(18(14)22)19-27(23,24)16-7-6-12(2)10-15(16)25-4/h6-7,10,19H,5,8-9,11H2,1-4H3. The molecule has 1 heterocycles. The van der Waals surface area contributed by atoms with E-state index in [1.165, 1.54) is 13.2 Å². The maximum Gasteiger partial charge on any atom is 0.310 e. The van der Waals surface area contributed by atoms with E-state index in [0.29, 0.717) is 6.42 Å². The van der Waals surface area contributed by atoms with E-state index in [1.807, 2.05) is 6.92 Å². The molecule has 0 spiro atoms. The van der Waals surface area contributed by atoms with Crippen molar-refractivity contribution >= 4 is 21.9 Å². The fourth-order valence-corrected chi connectivity index (χ4v) is 3.96. The van der Waals surface area contributed by atoms with Crippen LogP contribution in [0.3, 0.4) is 0 Å². The van der Waals surface area contributed by atoms with Crippen LogP contribution in [0.25, 0.3) is 0 Å². The molecule has 148 valence electrons. The Morgan fingerprint density at radius 2 is 2.00 bits per heavy atom. The van der Waals surface area contributed by atoms with Gasteiger partial charge in [0, 0.05) is 12.1 Å². The van der Waals surface area contributed by atoms with Crippen molar-refractivity contribution in [2.24, 2.45) is 0 Å². The first-order valence-corrected chi connectivity index (χ1v) is 10.0. The predicted octanol–water partition coefficient (Wildman–Crippen LogP) is 1.70. The minimum absolute atomic E-state index is 0.0679. The van der Waals surface area contributed by atoms with Crippen LogP contribution in [-0.4, -0.2) is 45.6 Å². The zero-order valence-corrected chi connectivity index (χ0v) is 16.7. The van der Waals surface area contributed by atoms with Gasteiger partial charge in [-0.25, -0.2) is 8.42 Å². The number of aryl methyl sites for hydroxylation is 1. The summed E-state index contributed by atoms with van der Waals surface area (Å²) in [5.74, 6) is -0.892. The Morgan fingerprint density at radius 3 is 2.63 bits per heavy atom. The van der Waals surface area contributed by atoms with Crippen molar-refractivity contribution < 1.29 is 27.5 Å². The summed E-state index contributed by atoms with van der Waals surface area (Å²) in [6.07, 6.45) is 0.263. The lowest BCUT2D eigenvalue weighted by Gasteiger charge is -2.29. The van der Waals surface area contributed by atoms with Gasteiger partial charge in [-0.1, -0.05) is 11.6 Å². The number of carbonyl (C=O) groups excluding carboxylic acids is 2. The van der Waals surface area contributed by atoms with Crippen molar-refractivity contribution in [3.63, 3.8) is 0 Å². The summed E-state index contributed by atoms with van der Waals surface area (Å²) in [6.45, 7) is 5.63. The quantitative estimate of drug-likeness (QED) is 0.704. The number of hydrazine groups is 1. The van der Waals surface area contributed by atoms with Gasteiger partial charge in [-0.05, 0) is 44.9 Å². The second-order valence-corrected chi connectivity index (χ2v) is 7.83. The molecule has 1 aromatic rings. The van der Waals surface area contributed by atoms with Gasteiger partial charge >= 0.3 is 5.97 Å². The average molecular weight is 396 g/mol. The molecule has 0 bridgehead atoms. The third-order valence-corrected chi connectivity index (χ3v) is 5.57. The van der Waals surface area contributed by atoms with Crippen molar-refractivity contribution in [3.8, 4) is 5.75 Å². The second-order valence-electron chi connectivity index (χ2n) is 6.20. The van der Waals surface area contributed by atoms with Crippen LogP contribution >= 0.6 is 0 Å². The van der Waals surface area contributed by atoms with Gasteiger partial charge in [0.05, 0.1) is 20.1 Å². The van der Waals surface area contributed by atoms with Gasteiger partial charge in [0.1, 0.15) is 10.6 Å². The van der Waals surface area contributed by atoms with E-state index in [4.69, 9.17) is 9.47 Å². The molecule has 0 saturated heterocycles. The van der Waals surface area contributed by atoms with Gasteiger partial charge in [0.25, 0.3) is 15.9 Å². The third-order valence-electron chi connectivity index (χ3n) is 4.19. The Morgan fingerprint density at radius 1 is 1.30 bits per heavy atom. The molecule has 0 unspecified atom stereocenters. The molecule has 27 heavy (non-hydrogen) atoms. The number of hydrogen-bond donors (Lipinski definition) is 1. The lowest BCUT2D eigenvalue weighted by molar-refractivity contribution is -0.143. The molecule has 1 aromatic carbocycles. The van der Waals surface area contributed by atoms with Crippen LogP contribution in [0.15, 0.2) is 34.2 Å². The first kappa shape index (κ1) is 20.9. The van der Waals surface area contributed by atoms with Gasteiger partial charge in [-0.15, -0.1) is 4.83 Å². The van der Waals surface area contributed by atoms with Gasteiger partial charge in [-0.2, -0.15) is 0 Å². The number of esters is 1. The number of hydrogen-bond acceptors (Lipinski definition) is 6. The maximum absolute atomic E-state index is 12.8. The third kappa shape index (κ3) is 4.86. The number of nitrogens with one attached hydrogen (secondary N) is 1. The van der Waals surface area contributed by atoms with E-state index in [1.54, 1.807) is 26.0 Å². The Labute approximate surface area is 159 Å². The highest BCUT2D eigenvalue weighted by molar-refractivity contribution is 7.89. The molecule has 0 radical (unpaired) electrons. The van der Waals surface area contributed by atoms with Gasteiger partial charge < -0.3 is 9.47 Å². The SMILES string of the molecule is CCOC(=O)CC1=C(C)CCN(NS(=O)(=O)c2ccc(C)cc2OC)C1=O. The molecule has 0 aliphatic carbocycles. The Kier molecular flexibility index (Phi) is 6.61. The molecular weight excluding hydrogens is 372 g/mol. The number of methoxy groups -OCH3 is 1. The molecule has 2 rings (SSSR count). The van der Waals surface area contributed by atoms with Crippen LogP contribution in [0.5, 0.6) is 5.75 Å². The Hall–Kier alpha value is -2.39. The number of carbonyl (C=O) groups is 2. The molecule has 0 atom stereocenters. The van der Waals surface area contributed by atoms with Crippen molar-refractivity contribution in [2.45, 2.75) is 38.5 Å². The molecule has 0 fully saturated rings. The highest BCUT2D eigenvalue weighted by atomic mass is 32.2. The van der Waals surface area contributed by atoms with E-state index in [0.717, 1.165) is 16.1 Å². The van der Waals surface area contributed by atoms with Crippen LogP contribution in [0, 0.1) is 6.92 Å². The van der Waals surface area contributed by atoms with Gasteiger partial charge in [0.15, 0.2) is 0 Å². The number of rotatable bonds is 7. The minimum Gasteiger partial charge on any atom is -0.495 e. The lowest BCUT2D eigenvalue weighted by atomic mass is 9.99. The monoisotopic (exact) mass is 396 g/mol. The maximum atomic E-state index is 12.8. The summed E-state index contributed by atoms with van der Waals surface area (Å²) in [6, 6.07) is 4.67. The molecule has 1 amide bonds. The summed E-state index contributed by atoms with van der Waals surface area (Å²) >= 11 is 0. The van der Waals surface area contributed by atoms with Crippen LogP contribution in [0.4, 0.5) is 0 Å². The highest BCUT2D eigenvalue weighted by Gasteiger charge is 2.31. The Bertz CT molecular complexity index is 876. The molecule has 9 heteroatoms. The predicted molar refractivity (Wildman–Crippen MR) is 98.3 cm³/mol. The van der Waals surface area contributed by atoms with Crippen molar-refractivity contribution in [2.75, 3.05) is 20.3 Å². The number of sulfonamides is 1. The zero-order chi connectivity index (χ0) is 20.2. The van der Waals surface area contributed by atoms with Crippen LogP contribution < -0.4 is 9.57 Å². The van der Waals surface area contributed by atoms with Crippen molar-refractivity contribution in [3.05, 3.63) is 34.9 Å². The average Bonchev–Trinajstić information content (AvgIpc) is 2.61. The topological polar surface area (TPSA) is 102 Å². The normalized spacial score (nSPS) is 15.1. The molecule has 1 N–H and O–H groups in total. The molecule has 8 nitrogen and oxygen atoms in total. The highest BCUT2D eigenvalue weighted by Crippen LogP contribution is 2.26. The second kappa shape index (κ2) is 8.53. The van der Waals surface area contributed by atoms with E-state index in [9.17, 15) is 18.0 Å². The summed E-state index contributed by atoms with van der Waals surface area (Å²) in [5, 5.41) is 1.01. The van der Waals surface area contributed by atoms with Gasteiger partial charge in [-0.3, -0.25) is 14.6 Å². The smallest absolute Gasteiger partial charge is 0.310 e. The number of ether oxygens (including phenoxy) is 2. The largest absolute Gasteiger partial charge is 0.495 e. The van der Waals surface area contributed by atoms with E-state index in [-0.39, 0.29) is 35.8 Å². The van der Waals surface area contributed by atoms with Crippen LogP contribution in [0.1, 0.15) is 32.3 Å². The molecular formula is C18H24N2O6S. The van der Waals surface area contributed by atoms with Crippen LogP contribution in [0.2, 0.25) is 0 Å². The van der Waals surface area contributed by atoms with Crippen molar-refractivity contribution in [1.29, 1.82) is 0 Å². The van der Waals surface area contributed by atoms with Gasteiger partial charge in [0.2, 0.25) is 0 Å². The van der Waals surface area contributed by atoms with E-state index in [2.05, 4.69) is 4.83 Å². The zero-order valence-electron chi connectivity index (χ0n) is 15.9. The first-order chi connectivity index (χ1) is 12.7. The fourth-order valence-electron chi connectivity index (χ4n) is 2.74. The van der Waals surface area contributed by atoms with Crippen LogP contribution in [-0.2, 0) is 24.3 Å². The molecule has 0 aromatic heterocycles. The molecule has 1 aliphatic rings.